The number of likely N-dealkylation sites (tertiary alicyclic amines) is 1. The van der Waals surface area contributed by atoms with Crippen LogP contribution < -0.4 is 10.6 Å². The zero-order valence-corrected chi connectivity index (χ0v) is 16.5. The van der Waals surface area contributed by atoms with E-state index in [1.165, 1.54) is 32.1 Å². The van der Waals surface area contributed by atoms with E-state index in [4.69, 9.17) is 0 Å². The SMILES string of the molecule is O=C(CN1CC[C@@H](O)[C@H](NC(=O)c2ccccn2)C1)NC1CCCCCCC1. The number of carbonyl (C=O) groups excluding carboxylic acids is 2. The quantitative estimate of drug-likeness (QED) is 0.710. The molecule has 2 fully saturated rings. The smallest absolute Gasteiger partial charge is 0.270 e. The van der Waals surface area contributed by atoms with E-state index in [9.17, 15) is 14.7 Å². The molecule has 2 heterocycles. The van der Waals surface area contributed by atoms with Gasteiger partial charge in [0.1, 0.15) is 5.69 Å². The second-order valence-corrected chi connectivity index (χ2v) is 8.00. The van der Waals surface area contributed by atoms with Gasteiger partial charge < -0.3 is 15.7 Å². The lowest BCUT2D eigenvalue weighted by Crippen LogP contribution is -2.56. The molecule has 1 aliphatic heterocycles. The molecule has 2 aliphatic rings. The highest BCUT2D eigenvalue weighted by atomic mass is 16.3. The first kappa shape index (κ1) is 20.7. The molecule has 3 N–H and O–H groups in total. The summed E-state index contributed by atoms with van der Waals surface area (Å²) in [7, 11) is 0. The number of piperidine rings is 1. The average molecular weight is 389 g/mol. The Labute approximate surface area is 166 Å². The van der Waals surface area contributed by atoms with Gasteiger partial charge in [0, 0.05) is 25.3 Å². The van der Waals surface area contributed by atoms with Gasteiger partial charge in [-0.15, -0.1) is 0 Å². The van der Waals surface area contributed by atoms with Crippen LogP contribution in [-0.2, 0) is 4.79 Å². The second kappa shape index (κ2) is 10.5. The number of rotatable bonds is 5. The van der Waals surface area contributed by atoms with E-state index < -0.39 is 12.1 Å². The number of amides is 2. The van der Waals surface area contributed by atoms with Crippen LogP contribution in [0.15, 0.2) is 24.4 Å². The molecular weight excluding hydrogens is 356 g/mol. The van der Waals surface area contributed by atoms with E-state index in [0.717, 1.165) is 12.8 Å². The average Bonchev–Trinajstić information content (AvgIpc) is 2.67. The van der Waals surface area contributed by atoms with E-state index in [2.05, 4.69) is 15.6 Å². The van der Waals surface area contributed by atoms with Gasteiger partial charge in [-0.2, -0.15) is 0 Å². The van der Waals surface area contributed by atoms with Crippen LogP contribution in [0.1, 0.15) is 61.9 Å². The summed E-state index contributed by atoms with van der Waals surface area (Å²) in [5, 5.41) is 16.3. The number of aromatic nitrogens is 1. The van der Waals surface area contributed by atoms with Crippen LogP contribution in [-0.4, -0.2) is 64.6 Å². The molecule has 0 aromatic carbocycles. The molecule has 28 heavy (non-hydrogen) atoms. The number of nitrogens with zero attached hydrogens (tertiary/aromatic N) is 2. The third kappa shape index (κ3) is 6.27. The van der Waals surface area contributed by atoms with Gasteiger partial charge in [-0.1, -0.05) is 38.2 Å². The van der Waals surface area contributed by atoms with Gasteiger partial charge in [0.2, 0.25) is 5.91 Å². The van der Waals surface area contributed by atoms with E-state index in [-0.39, 0.29) is 17.9 Å². The first-order valence-corrected chi connectivity index (χ1v) is 10.5. The molecule has 1 saturated heterocycles. The highest BCUT2D eigenvalue weighted by Crippen LogP contribution is 2.17. The molecule has 0 bridgehead atoms. The zero-order valence-electron chi connectivity index (χ0n) is 16.5. The van der Waals surface area contributed by atoms with Crippen molar-refractivity contribution >= 4 is 11.8 Å². The van der Waals surface area contributed by atoms with E-state index in [1.807, 2.05) is 4.90 Å². The summed E-state index contributed by atoms with van der Waals surface area (Å²) < 4.78 is 0. The fourth-order valence-corrected chi connectivity index (χ4v) is 4.11. The Hall–Kier alpha value is -1.99. The lowest BCUT2D eigenvalue weighted by atomic mass is 9.96. The van der Waals surface area contributed by atoms with Crippen molar-refractivity contribution in [1.82, 2.24) is 20.5 Å². The Kier molecular flexibility index (Phi) is 7.80. The third-order valence-electron chi connectivity index (χ3n) is 5.71. The van der Waals surface area contributed by atoms with E-state index >= 15 is 0 Å². The largest absolute Gasteiger partial charge is 0.391 e. The number of aliphatic hydroxyl groups is 1. The summed E-state index contributed by atoms with van der Waals surface area (Å²) >= 11 is 0. The van der Waals surface area contributed by atoms with Crippen molar-refractivity contribution in [1.29, 1.82) is 0 Å². The highest BCUT2D eigenvalue weighted by molar-refractivity contribution is 5.92. The van der Waals surface area contributed by atoms with Crippen LogP contribution in [0.25, 0.3) is 0 Å². The minimum atomic E-state index is -0.613. The minimum Gasteiger partial charge on any atom is -0.391 e. The standard InChI is InChI=1S/C21H32N4O3/c26-19-11-13-25(14-18(19)24-21(28)17-10-6-7-12-22-17)15-20(27)23-16-8-4-2-1-3-5-9-16/h6-7,10,12,16,18-19,26H,1-5,8-9,11,13-15H2,(H,23,27)(H,24,28)/t18-,19-/m1/s1. The summed E-state index contributed by atoms with van der Waals surface area (Å²) in [6.45, 7) is 1.41. The minimum absolute atomic E-state index is 0.0387. The number of carbonyl (C=O) groups is 2. The Balaban J connectivity index is 1.48. The van der Waals surface area contributed by atoms with Gasteiger partial charge in [-0.3, -0.25) is 19.5 Å². The first-order valence-electron chi connectivity index (χ1n) is 10.5. The Morgan fingerprint density at radius 2 is 1.82 bits per heavy atom. The van der Waals surface area contributed by atoms with Crippen molar-refractivity contribution in [3.05, 3.63) is 30.1 Å². The predicted molar refractivity (Wildman–Crippen MR) is 107 cm³/mol. The number of hydrogen-bond acceptors (Lipinski definition) is 5. The Morgan fingerprint density at radius 3 is 2.54 bits per heavy atom. The van der Waals surface area contributed by atoms with Crippen LogP contribution in [0.4, 0.5) is 0 Å². The van der Waals surface area contributed by atoms with Crippen LogP contribution in [0.2, 0.25) is 0 Å². The molecule has 1 aliphatic carbocycles. The van der Waals surface area contributed by atoms with Crippen molar-refractivity contribution in [2.45, 2.75) is 69.6 Å². The molecule has 0 unspecified atom stereocenters. The van der Waals surface area contributed by atoms with Crippen LogP contribution in [0, 0.1) is 0 Å². The lowest BCUT2D eigenvalue weighted by Gasteiger charge is -2.36. The maximum absolute atomic E-state index is 12.5. The maximum Gasteiger partial charge on any atom is 0.270 e. The number of aliphatic hydroxyl groups excluding tert-OH is 1. The zero-order chi connectivity index (χ0) is 19.8. The fraction of sp³-hybridized carbons (Fsp3) is 0.667. The van der Waals surface area contributed by atoms with E-state index in [1.54, 1.807) is 24.4 Å². The number of nitrogens with one attached hydrogen (secondary N) is 2. The maximum atomic E-state index is 12.5. The summed E-state index contributed by atoms with van der Waals surface area (Å²) in [6, 6.07) is 5.03. The van der Waals surface area contributed by atoms with Gasteiger partial charge in [0.05, 0.1) is 18.7 Å². The van der Waals surface area contributed by atoms with Crippen LogP contribution >= 0.6 is 0 Å². The van der Waals surface area contributed by atoms with Gasteiger partial charge in [0.15, 0.2) is 0 Å². The van der Waals surface area contributed by atoms with E-state index in [0.29, 0.717) is 31.7 Å². The summed E-state index contributed by atoms with van der Waals surface area (Å²) in [6.07, 6.45) is 9.80. The third-order valence-corrected chi connectivity index (χ3v) is 5.71. The molecule has 2 atom stereocenters. The fourth-order valence-electron chi connectivity index (χ4n) is 4.11. The topological polar surface area (TPSA) is 94.6 Å². The molecule has 7 nitrogen and oxygen atoms in total. The van der Waals surface area contributed by atoms with Crippen molar-refractivity contribution in [3.63, 3.8) is 0 Å². The second-order valence-electron chi connectivity index (χ2n) is 8.00. The van der Waals surface area contributed by atoms with Crippen molar-refractivity contribution < 1.29 is 14.7 Å². The molecule has 1 saturated carbocycles. The summed E-state index contributed by atoms with van der Waals surface area (Å²) in [5.41, 5.74) is 0.328. The normalized spacial score (nSPS) is 24.8. The monoisotopic (exact) mass is 388 g/mol. The molecule has 2 amide bonds. The van der Waals surface area contributed by atoms with Crippen molar-refractivity contribution in [2.75, 3.05) is 19.6 Å². The highest BCUT2D eigenvalue weighted by Gasteiger charge is 2.30. The molecule has 1 aromatic rings. The molecule has 0 spiro atoms. The van der Waals surface area contributed by atoms with Crippen molar-refractivity contribution in [3.8, 4) is 0 Å². The van der Waals surface area contributed by atoms with Gasteiger partial charge in [-0.05, 0) is 31.4 Å². The summed E-state index contributed by atoms with van der Waals surface area (Å²) in [5.74, 6) is -0.262. The lowest BCUT2D eigenvalue weighted by molar-refractivity contribution is -0.123. The first-order chi connectivity index (χ1) is 13.6. The number of pyridine rings is 1. The molecule has 3 rings (SSSR count). The van der Waals surface area contributed by atoms with Gasteiger partial charge in [0.25, 0.3) is 5.91 Å². The molecule has 1 aromatic heterocycles. The molecule has 7 heteroatoms. The van der Waals surface area contributed by atoms with Crippen LogP contribution in [0.5, 0.6) is 0 Å². The molecular formula is C21H32N4O3. The predicted octanol–water partition coefficient (Wildman–Crippen LogP) is 1.48. The van der Waals surface area contributed by atoms with Gasteiger partial charge in [-0.25, -0.2) is 0 Å². The molecule has 0 radical (unpaired) electrons. The summed E-state index contributed by atoms with van der Waals surface area (Å²) in [4.78, 5) is 30.9. The van der Waals surface area contributed by atoms with Gasteiger partial charge >= 0.3 is 0 Å². The number of hydrogen-bond donors (Lipinski definition) is 3. The van der Waals surface area contributed by atoms with Crippen LogP contribution in [0.3, 0.4) is 0 Å². The molecule has 154 valence electrons. The Bertz CT molecular complexity index is 632. The Morgan fingerprint density at radius 1 is 1.07 bits per heavy atom. The van der Waals surface area contributed by atoms with Crippen molar-refractivity contribution in [2.24, 2.45) is 0 Å².